The van der Waals surface area contributed by atoms with Crippen molar-refractivity contribution in [3.8, 4) is 11.8 Å². The van der Waals surface area contributed by atoms with Crippen LogP contribution in [0.25, 0.3) is 0 Å². The molecule has 0 spiro atoms. The summed E-state index contributed by atoms with van der Waals surface area (Å²) in [6, 6.07) is 5.72. The highest BCUT2D eigenvalue weighted by Gasteiger charge is 2.12. The Bertz CT molecular complexity index is 738. The predicted molar refractivity (Wildman–Crippen MR) is 108 cm³/mol. The zero-order chi connectivity index (χ0) is 18.7. The van der Waals surface area contributed by atoms with Crippen molar-refractivity contribution in [1.29, 1.82) is 0 Å². The summed E-state index contributed by atoms with van der Waals surface area (Å²) in [6.45, 7) is 10.2. The highest BCUT2D eigenvalue weighted by molar-refractivity contribution is 5.62. The number of nitrogens with two attached hydrogens (primary N) is 1. The van der Waals surface area contributed by atoms with Crippen molar-refractivity contribution < 1.29 is 0 Å². The number of rotatable bonds is 6. The Morgan fingerprint density at radius 1 is 1.28 bits per heavy atom. The van der Waals surface area contributed by atoms with Gasteiger partial charge in [0.1, 0.15) is 5.69 Å². The van der Waals surface area contributed by atoms with Gasteiger partial charge in [-0.2, -0.15) is 0 Å². The van der Waals surface area contributed by atoms with Gasteiger partial charge in [0.05, 0.1) is 0 Å². The van der Waals surface area contributed by atoms with Crippen LogP contribution in [0.15, 0.2) is 63.6 Å². The van der Waals surface area contributed by atoms with E-state index in [1.54, 1.807) is 12.4 Å². The van der Waals surface area contributed by atoms with E-state index in [2.05, 4.69) is 48.7 Å². The Kier molecular flexibility index (Phi) is 9.03. The molecule has 0 fully saturated rings. The second kappa shape index (κ2) is 11.0. The molecule has 0 radical (unpaired) electrons. The van der Waals surface area contributed by atoms with Gasteiger partial charge in [0.25, 0.3) is 0 Å². The van der Waals surface area contributed by atoms with Gasteiger partial charge < -0.3 is 5.73 Å². The first-order chi connectivity index (χ1) is 12.0. The second-order valence-electron chi connectivity index (χ2n) is 5.77. The van der Waals surface area contributed by atoms with Crippen molar-refractivity contribution in [3.05, 3.63) is 64.3 Å². The van der Waals surface area contributed by atoms with Crippen molar-refractivity contribution in [2.75, 3.05) is 0 Å². The van der Waals surface area contributed by atoms with E-state index < -0.39 is 0 Å². The minimum absolute atomic E-state index is 0.746. The Hall–Kier alpha value is -2.60. The molecule has 0 aliphatic heterocycles. The number of unbranched alkanes of at least 4 members (excludes halogenated alkanes) is 1. The molecule has 0 saturated carbocycles. The van der Waals surface area contributed by atoms with Gasteiger partial charge in [-0.05, 0) is 57.2 Å². The quantitative estimate of drug-likeness (QED) is 0.443. The van der Waals surface area contributed by atoms with Crippen LogP contribution < -0.4 is 5.73 Å². The van der Waals surface area contributed by atoms with Gasteiger partial charge in [0, 0.05) is 35.0 Å². The summed E-state index contributed by atoms with van der Waals surface area (Å²) in [4.78, 5) is 8.74. The van der Waals surface area contributed by atoms with Crippen molar-refractivity contribution >= 4 is 6.21 Å². The number of aliphatic imine (C=N–C) groups is 1. The summed E-state index contributed by atoms with van der Waals surface area (Å²) in [7, 11) is 0. The monoisotopic (exact) mass is 335 g/mol. The number of nitrogens with zero attached hydrogens (tertiary/aromatic N) is 2. The van der Waals surface area contributed by atoms with Gasteiger partial charge >= 0.3 is 0 Å². The lowest BCUT2D eigenvalue weighted by Crippen LogP contribution is -2.08. The van der Waals surface area contributed by atoms with E-state index in [0.29, 0.717) is 0 Å². The average Bonchev–Trinajstić information content (AvgIpc) is 2.63. The molecule has 1 heterocycles. The molecule has 0 atom stereocenters. The summed E-state index contributed by atoms with van der Waals surface area (Å²) in [6.07, 6.45) is 8.57. The molecule has 0 aliphatic rings. The molecule has 1 aromatic heterocycles. The van der Waals surface area contributed by atoms with E-state index in [0.717, 1.165) is 53.1 Å². The van der Waals surface area contributed by atoms with Crippen LogP contribution in [0.1, 0.15) is 59.6 Å². The summed E-state index contributed by atoms with van der Waals surface area (Å²) in [5.74, 6) is 6.42. The predicted octanol–water partition coefficient (Wildman–Crippen LogP) is 5.17. The van der Waals surface area contributed by atoms with Crippen molar-refractivity contribution in [1.82, 2.24) is 4.98 Å². The molecule has 25 heavy (non-hydrogen) atoms. The van der Waals surface area contributed by atoms with Gasteiger partial charge in [0.2, 0.25) is 0 Å². The van der Waals surface area contributed by atoms with Crippen LogP contribution in [0.5, 0.6) is 0 Å². The molecule has 3 heteroatoms. The molecule has 0 aromatic carbocycles. The fourth-order valence-electron chi connectivity index (χ4n) is 2.27. The SMILES string of the molecule is CC=N/C(C)=C(C(/C#Cc1ccccn1)=C\CCC)\C(N)=C(/C)CC. The maximum Gasteiger partial charge on any atom is 0.113 e. The Morgan fingerprint density at radius 3 is 2.60 bits per heavy atom. The van der Waals surface area contributed by atoms with Crippen LogP contribution in [0.4, 0.5) is 0 Å². The molecule has 1 aromatic rings. The lowest BCUT2D eigenvalue weighted by atomic mass is 9.96. The van der Waals surface area contributed by atoms with Crippen LogP contribution in [0.3, 0.4) is 0 Å². The van der Waals surface area contributed by atoms with E-state index in [-0.39, 0.29) is 0 Å². The second-order valence-corrected chi connectivity index (χ2v) is 5.77. The van der Waals surface area contributed by atoms with Crippen molar-refractivity contribution in [3.63, 3.8) is 0 Å². The molecular weight excluding hydrogens is 306 g/mol. The number of hydrogen-bond acceptors (Lipinski definition) is 3. The highest BCUT2D eigenvalue weighted by Crippen LogP contribution is 2.25. The third kappa shape index (κ3) is 6.43. The molecule has 1 rings (SSSR count). The summed E-state index contributed by atoms with van der Waals surface area (Å²) in [5, 5.41) is 0. The molecule has 0 aliphatic carbocycles. The van der Waals surface area contributed by atoms with Crippen LogP contribution in [0, 0.1) is 11.8 Å². The first kappa shape index (κ1) is 20.4. The van der Waals surface area contributed by atoms with Crippen molar-refractivity contribution in [2.24, 2.45) is 10.7 Å². The molecular formula is C22H29N3. The minimum Gasteiger partial charge on any atom is -0.398 e. The summed E-state index contributed by atoms with van der Waals surface area (Å²) >= 11 is 0. The molecule has 132 valence electrons. The molecule has 0 amide bonds. The maximum atomic E-state index is 6.47. The number of aromatic nitrogens is 1. The normalized spacial score (nSPS) is 13.9. The van der Waals surface area contributed by atoms with Gasteiger partial charge in [0.15, 0.2) is 0 Å². The zero-order valence-electron chi connectivity index (χ0n) is 16.1. The van der Waals surface area contributed by atoms with E-state index in [9.17, 15) is 0 Å². The number of pyridine rings is 1. The minimum atomic E-state index is 0.746. The molecule has 2 N–H and O–H groups in total. The van der Waals surface area contributed by atoms with E-state index >= 15 is 0 Å². The Balaban J connectivity index is 3.52. The standard InChI is InChI=1S/C22H29N3/c1-6-9-12-19(14-15-20-13-10-11-16-25-20)21(18(5)24-8-3)22(23)17(4)7-2/h8,10-13,16H,6-7,9,23H2,1-5H3/b19-12-,21-18-,22-17-,24-8?. The van der Waals surface area contributed by atoms with Crippen molar-refractivity contribution in [2.45, 2.75) is 53.9 Å². The third-order valence-electron chi connectivity index (χ3n) is 3.84. The van der Waals surface area contributed by atoms with Gasteiger partial charge in [-0.15, -0.1) is 0 Å². The first-order valence-electron chi connectivity index (χ1n) is 8.83. The molecule has 3 nitrogen and oxygen atoms in total. The fourth-order valence-corrected chi connectivity index (χ4v) is 2.27. The molecule has 0 unspecified atom stereocenters. The third-order valence-corrected chi connectivity index (χ3v) is 3.84. The first-order valence-corrected chi connectivity index (χ1v) is 8.83. The average molecular weight is 335 g/mol. The van der Waals surface area contributed by atoms with Crippen LogP contribution >= 0.6 is 0 Å². The van der Waals surface area contributed by atoms with E-state index in [1.807, 2.05) is 32.0 Å². The van der Waals surface area contributed by atoms with Gasteiger partial charge in [-0.3, -0.25) is 4.99 Å². The molecule has 0 bridgehead atoms. The Morgan fingerprint density at radius 2 is 2.04 bits per heavy atom. The number of hydrogen-bond donors (Lipinski definition) is 1. The fraction of sp³-hybridized carbons (Fsp3) is 0.364. The number of allylic oxidation sites excluding steroid dienone is 4. The lowest BCUT2D eigenvalue weighted by molar-refractivity contribution is 0.951. The molecule has 0 saturated heterocycles. The summed E-state index contributed by atoms with van der Waals surface area (Å²) in [5.41, 5.74) is 11.8. The lowest BCUT2D eigenvalue weighted by Gasteiger charge is -2.13. The highest BCUT2D eigenvalue weighted by atomic mass is 14.7. The van der Waals surface area contributed by atoms with Crippen LogP contribution in [-0.2, 0) is 0 Å². The maximum absolute atomic E-state index is 6.47. The zero-order valence-corrected chi connectivity index (χ0v) is 16.1. The topological polar surface area (TPSA) is 51.3 Å². The largest absolute Gasteiger partial charge is 0.398 e. The summed E-state index contributed by atoms with van der Waals surface area (Å²) < 4.78 is 0. The van der Waals surface area contributed by atoms with E-state index in [1.165, 1.54) is 0 Å². The van der Waals surface area contributed by atoms with E-state index in [4.69, 9.17) is 5.73 Å². The van der Waals surface area contributed by atoms with Crippen LogP contribution in [-0.4, -0.2) is 11.2 Å². The Labute approximate surface area is 152 Å². The van der Waals surface area contributed by atoms with Gasteiger partial charge in [-0.25, -0.2) is 4.98 Å². The van der Waals surface area contributed by atoms with Gasteiger partial charge in [-0.1, -0.05) is 38.3 Å². The van der Waals surface area contributed by atoms with Crippen LogP contribution in [0.2, 0.25) is 0 Å². The smallest absolute Gasteiger partial charge is 0.113 e.